The Labute approximate surface area is 164 Å². The Balaban J connectivity index is 1.77. The van der Waals surface area contributed by atoms with Gasteiger partial charge in [-0.25, -0.2) is 0 Å². The molecule has 1 fully saturated rings. The summed E-state index contributed by atoms with van der Waals surface area (Å²) in [7, 11) is 3.53. The third kappa shape index (κ3) is 4.25. The Morgan fingerprint density at radius 2 is 1.70 bits per heavy atom. The molecule has 1 aliphatic heterocycles. The van der Waals surface area contributed by atoms with Crippen LogP contribution in [0.1, 0.15) is 23.2 Å². The van der Waals surface area contributed by atoms with Crippen molar-refractivity contribution in [2.75, 3.05) is 32.5 Å². The van der Waals surface area contributed by atoms with Crippen LogP contribution in [0.3, 0.4) is 0 Å². The Kier molecular flexibility index (Phi) is 5.71. The summed E-state index contributed by atoms with van der Waals surface area (Å²) in [6.07, 6.45) is 1.09. The fraction of sp³-hybridized carbons (Fsp3) is 0.333. The van der Waals surface area contributed by atoms with Crippen molar-refractivity contribution in [2.24, 2.45) is 0 Å². The zero-order valence-electron chi connectivity index (χ0n) is 15.6. The standard InChI is InChI=1S/C21H24ClN3O2/c1-24(2)20(27)21(23-18-9-4-3-5-10-18)11-13-25(14-12-21)19(26)16-7-6-8-17(22)15-16/h3-10,15,23H,11-14H2,1-2H3. The molecule has 0 unspecified atom stereocenters. The van der Waals surface area contributed by atoms with Gasteiger partial charge in [-0.1, -0.05) is 35.9 Å². The highest BCUT2D eigenvalue weighted by atomic mass is 35.5. The van der Waals surface area contributed by atoms with Crippen molar-refractivity contribution in [3.05, 3.63) is 65.2 Å². The van der Waals surface area contributed by atoms with Crippen molar-refractivity contribution < 1.29 is 9.59 Å². The molecule has 142 valence electrons. The number of likely N-dealkylation sites (tertiary alicyclic amines) is 1. The van der Waals surface area contributed by atoms with Crippen molar-refractivity contribution >= 4 is 29.1 Å². The zero-order chi connectivity index (χ0) is 19.4. The number of carbonyl (C=O) groups is 2. The van der Waals surface area contributed by atoms with E-state index in [1.807, 2.05) is 30.3 Å². The monoisotopic (exact) mass is 385 g/mol. The number of halogens is 1. The molecule has 2 amide bonds. The van der Waals surface area contributed by atoms with Crippen LogP contribution in [0.4, 0.5) is 5.69 Å². The van der Waals surface area contributed by atoms with Crippen LogP contribution in [-0.2, 0) is 4.79 Å². The molecule has 0 aliphatic carbocycles. The minimum atomic E-state index is -0.712. The van der Waals surface area contributed by atoms with E-state index in [1.165, 1.54) is 0 Å². The minimum absolute atomic E-state index is 0.0289. The predicted octanol–water partition coefficient (Wildman–Crippen LogP) is 3.52. The third-order valence-electron chi connectivity index (χ3n) is 4.95. The molecule has 0 atom stereocenters. The van der Waals surface area contributed by atoms with Gasteiger partial charge in [0.1, 0.15) is 5.54 Å². The molecule has 6 heteroatoms. The van der Waals surface area contributed by atoms with E-state index >= 15 is 0 Å². The first kappa shape index (κ1) is 19.2. The number of carbonyl (C=O) groups excluding carboxylic acids is 2. The normalized spacial score (nSPS) is 15.9. The van der Waals surface area contributed by atoms with Crippen molar-refractivity contribution in [2.45, 2.75) is 18.4 Å². The van der Waals surface area contributed by atoms with Crippen LogP contribution in [0.25, 0.3) is 0 Å². The van der Waals surface area contributed by atoms with Gasteiger partial charge in [-0.3, -0.25) is 9.59 Å². The zero-order valence-corrected chi connectivity index (χ0v) is 16.4. The molecule has 0 radical (unpaired) electrons. The second-order valence-electron chi connectivity index (χ2n) is 7.08. The predicted molar refractivity (Wildman–Crippen MR) is 108 cm³/mol. The quantitative estimate of drug-likeness (QED) is 0.876. The van der Waals surface area contributed by atoms with E-state index in [2.05, 4.69) is 5.32 Å². The summed E-state index contributed by atoms with van der Waals surface area (Å²) < 4.78 is 0. The highest BCUT2D eigenvalue weighted by Gasteiger charge is 2.43. The molecule has 2 aromatic rings. The van der Waals surface area contributed by atoms with E-state index in [9.17, 15) is 9.59 Å². The van der Waals surface area contributed by atoms with Gasteiger partial charge < -0.3 is 15.1 Å². The minimum Gasteiger partial charge on any atom is -0.371 e. The molecule has 3 rings (SSSR count). The first-order valence-electron chi connectivity index (χ1n) is 9.01. The largest absolute Gasteiger partial charge is 0.371 e. The van der Waals surface area contributed by atoms with Gasteiger partial charge >= 0.3 is 0 Å². The smallest absolute Gasteiger partial charge is 0.253 e. The van der Waals surface area contributed by atoms with Crippen LogP contribution >= 0.6 is 11.6 Å². The lowest BCUT2D eigenvalue weighted by Gasteiger charge is -2.43. The van der Waals surface area contributed by atoms with Crippen LogP contribution < -0.4 is 5.32 Å². The summed E-state index contributed by atoms with van der Waals surface area (Å²) in [6, 6.07) is 16.7. The van der Waals surface area contributed by atoms with Crippen molar-refractivity contribution in [3.8, 4) is 0 Å². The van der Waals surface area contributed by atoms with Gasteiger partial charge in [0.15, 0.2) is 0 Å². The number of anilines is 1. The number of para-hydroxylation sites is 1. The van der Waals surface area contributed by atoms with Gasteiger partial charge in [-0.15, -0.1) is 0 Å². The average Bonchev–Trinajstić information content (AvgIpc) is 2.68. The molecule has 0 aromatic heterocycles. The van der Waals surface area contributed by atoms with Crippen molar-refractivity contribution in [1.82, 2.24) is 9.80 Å². The highest BCUT2D eigenvalue weighted by molar-refractivity contribution is 6.30. The Hall–Kier alpha value is -2.53. The van der Waals surface area contributed by atoms with Gasteiger partial charge in [0, 0.05) is 43.5 Å². The Morgan fingerprint density at radius 3 is 2.30 bits per heavy atom. The van der Waals surface area contributed by atoms with Gasteiger partial charge in [0.05, 0.1) is 0 Å². The first-order valence-corrected chi connectivity index (χ1v) is 9.39. The lowest BCUT2D eigenvalue weighted by molar-refractivity contribution is -0.135. The van der Waals surface area contributed by atoms with Crippen molar-refractivity contribution in [1.29, 1.82) is 0 Å². The summed E-state index contributed by atoms with van der Waals surface area (Å²) in [5.41, 5.74) is 0.767. The number of rotatable bonds is 4. The fourth-order valence-corrected chi connectivity index (χ4v) is 3.70. The summed E-state index contributed by atoms with van der Waals surface area (Å²) in [6.45, 7) is 1.01. The number of likely N-dealkylation sites (N-methyl/N-ethyl adjacent to an activating group) is 1. The van der Waals surface area contributed by atoms with Crippen LogP contribution in [0.2, 0.25) is 5.02 Å². The topological polar surface area (TPSA) is 52.7 Å². The maximum atomic E-state index is 13.0. The van der Waals surface area contributed by atoms with Crippen LogP contribution in [0, 0.1) is 0 Å². The second-order valence-corrected chi connectivity index (χ2v) is 7.51. The van der Waals surface area contributed by atoms with Crippen molar-refractivity contribution in [3.63, 3.8) is 0 Å². The van der Waals surface area contributed by atoms with Gasteiger partial charge in [0.2, 0.25) is 5.91 Å². The van der Waals surface area contributed by atoms with Gasteiger partial charge in [0.25, 0.3) is 5.91 Å². The molecule has 1 aliphatic rings. The molecular formula is C21H24ClN3O2. The number of benzene rings is 2. The number of hydrogen-bond acceptors (Lipinski definition) is 3. The number of piperidine rings is 1. The van der Waals surface area contributed by atoms with E-state index < -0.39 is 5.54 Å². The average molecular weight is 386 g/mol. The molecule has 1 N–H and O–H groups in total. The number of nitrogens with zero attached hydrogens (tertiary/aromatic N) is 2. The lowest BCUT2D eigenvalue weighted by Crippen LogP contribution is -2.58. The highest BCUT2D eigenvalue weighted by Crippen LogP contribution is 2.29. The fourth-order valence-electron chi connectivity index (χ4n) is 3.51. The van der Waals surface area contributed by atoms with Crippen LogP contribution in [-0.4, -0.2) is 54.3 Å². The van der Waals surface area contributed by atoms with E-state index in [4.69, 9.17) is 11.6 Å². The van der Waals surface area contributed by atoms with E-state index in [0.29, 0.717) is 36.5 Å². The maximum absolute atomic E-state index is 13.0. The number of amides is 2. The van der Waals surface area contributed by atoms with Gasteiger partial charge in [-0.2, -0.15) is 0 Å². The molecule has 0 bridgehead atoms. The summed E-state index contributed by atoms with van der Waals surface area (Å²) in [5, 5.41) is 3.98. The van der Waals surface area contributed by atoms with Crippen LogP contribution in [0.15, 0.2) is 54.6 Å². The third-order valence-corrected chi connectivity index (χ3v) is 5.18. The molecule has 0 spiro atoms. The molecule has 5 nitrogen and oxygen atoms in total. The molecular weight excluding hydrogens is 362 g/mol. The maximum Gasteiger partial charge on any atom is 0.253 e. The number of hydrogen-bond donors (Lipinski definition) is 1. The molecule has 1 heterocycles. The van der Waals surface area contributed by atoms with E-state index in [0.717, 1.165) is 5.69 Å². The summed E-state index contributed by atoms with van der Waals surface area (Å²) >= 11 is 6.01. The SMILES string of the molecule is CN(C)C(=O)C1(Nc2ccccc2)CCN(C(=O)c2cccc(Cl)c2)CC1. The number of nitrogens with one attached hydrogen (secondary N) is 1. The second kappa shape index (κ2) is 8.01. The molecule has 27 heavy (non-hydrogen) atoms. The molecule has 0 saturated carbocycles. The molecule has 1 saturated heterocycles. The summed E-state index contributed by atoms with van der Waals surface area (Å²) in [5.74, 6) is -0.0238. The van der Waals surface area contributed by atoms with E-state index in [-0.39, 0.29) is 11.8 Å². The Morgan fingerprint density at radius 1 is 1.04 bits per heavy atom. The lowest BCUT2D eigenvalue weighted by atomic mass is 9.85. The summed E-state index contributed by atoms with van der Waals surface area (Å²) in [4.78, 5) is 29.1. The van der Waals surface area contributed by atoms with Gasteiger partial charge in [-0.05, 0) is 43.2 Å². The molecule has 2 aromatic carbocycles. The van der Waals surface area contributed by atoms with E-state index in [1.54, 1.807) is 48.2 Å². The Bertz CT molecular complexity index is 815. The first-order chi connectivity index (χ1) is 12.9. The van der Waals surface area contributed by atoms with Crippen LogP contribution in [0.5, 0.6) is 0 Å².